The first kappa shape index (κ1) is 13.6. The lowest BCUT2D eigenvalue weighted by Crippen LogP contribution is -1.93. The van der Waals surface area contributed by atoms with Crippen LogP contribution in [0.25, 0.3) is 11.3 Å². The lowest BCUT2D eigenvalue weighted by Gasteiger charge is -2.06. The lowest BCUT2D eigenvalue weighted by molar-refractivity contribution is 0.647. The number of hydrogen-bond acceptors (Lipinski definition) is 2. The maximum Gasteiger partial charge on any atom is 0.184 e. The molecule has 1 aromatic carbocycles. The molecule has 2 aromatic rings. The molecule has 1 heterocycles. The predicted octanol–water partition coefficient (Wildman–Crippen LogP) is 5.22. The molecule has 0 aliphatic carbocycles. The van der Waals surface area contributed by atoms with E-state index in [1.165, 1.54) is 16.0 Å². The zero-order valence-electron chi connectivity index (χ0n) is 11.0. The summed E-state index contributed by atoms with van der Waals surface area (Å²) in [7, 11) is 0. The minimum absolute atomic E-state index is 0.633. The van der Waals surface area contributed by atoms with Gasteiger partial charge in [0.25, 0.3) is 0 Å². The molecular formula is C15H18ClNS. The van der Waals surface area contributed by atoms with E-state index in [2.05, 4.69) is 50.0 Å². The maximum absolute atomic E-state index is 6.00. The molecule has 0 amide bonds. The molecule has 96 valence electrons. The Labute approximate surface area is 118 Å². The van der Waals surface area contributed by atoms with Crippen molar-refractivity contribution in [1.82, 2.24) is 4.98 Å². The van der Waals surface area contributed by atoms with E-state index in [0.29, 0.717) is 10.4 Å². The first-order chi connectivity index (χ1) is 8.60. The van der Waals surface area contributed by atoms with Crippen molar-refractivity contribution in [2.45, 2.75) is 33.6 Å². The van der Waals surface area contributed by atoms with Crippen LogP contribution in [0.5, 0.6) is 0 Å². The average Bonchev–Trinajstić information content (AvgIpc) is 2.71. The van der Waals surface area contributed by atoms with Crippen LogP contribution in [0, 0.1) is 5.92 Å². The first-order valence-electron chi connectivity index (χ1n) is 6.34. The van der Waals surface area contributed by atoms with Gasteiger partial charge in [-0.2, -0.15) is 0 Å². The van der Waals surface area contributed by atoms with E-state index < -0.39 is 0 Å². The molecule has 0 unspecified atom stereocenters. The highest BCUT2D eigenvalue weighted by Gasteiger charge is 2.10. The standard InChI is InChI=1S/C15H18ClNS/c1-4-13-14(17-15(16)18-13)12-7-5-11(6-8-12)9-10(2)3/h5-8,10H,4,9H2,1-3H3. The zero-order chi connectivity index (χ0) is 13.1. The van der Waals surface area contributed by atoms with Gasteiger partial charge in [-0.05, 0) is 24.3 Å². The Bertz CT molecular complexity index is 514. The van der Waals surface area contributed by atoms with Gasteiger partial charge in [-0.15, -0.1) is 11.3 Å². The summed E-state index contributed by atoms with van der Waals surface area (Å²) in [6, 6.07) is 8.70. The summed E-state index contributed by atoms with van der Waals surface area (Å²) in [6.07, 6.45) is 2.10. The number of rotatable bonds is 4. The molecule has 1 nitrogen and oxygen atoms in total. The van der Waals surface area contributed by atoms with Gasteiger partial charge in [-0.25, -0.2) is 4.98 Å². The number of thiazole rings is 1. The Morgan fingerprint density at radius 3 is 2.44 bits per heavy atom. The number of hydrogen-bond donors (Lipinski definition) is 0. The minimum atomic E-state index is 0.633. The molecule has 0 aliphatic heterocycles. The zero-order valence-corrected chi connectivity index (χ0v) is 12.6. The van der Waals surface area contributed by atoms with Crippen LogP contribution in [0.15, 0.2) is 24.3 Å². The highest BCUT2D eigenvalue weighted by atomic mass is 35.5. The largest absolute Gasteiger partial charge is 0.225 e. The SMILES string of the molecule is CCc1sc(Cl)nc1-c1ccc(CC(C)C)cc1. The molecular weight excluding hydrogens is 262 g/mol. The van der Waals surface area contributed by atoms with Crippen LogP contribution in [-0.2, 0) is 12.8 Å². The topological polar surface area (TPSA) is 12.9 Å². The monoisotopic (exact) mass is 279 g/mol. The smallest absolute Gasteiger partial charge is 0.184 e. The van der Waals surface area contributed by atoms with Crippen molar-refractivity contribution < 1.29 is 0 Å². The van der Waals surface area contributed by atoms with Gasteiger partial charge in [-0.3, -0.25) is 0 Å². The molecule has 0 saturated carbocycles. The summed E-state index contributed by atoms with van der Waals surface area (Å²) < 4.78 is 0.633. The Hall–Kier alpha value is -0.860. The summed E-state index contributed by atoms with van der Waals surface area (Å²) in [4.78, 5) is 5.69. The van der Waals surface area contributed by atoms with Crippen LogP contribution >= 0.6 is 22.9 Å². The van der Waals surface area contributed by atoms with Crippen LogP contribution in [0.3, 0.4) is 0 Å². The van der Waals surface area contributed by atoms with Crippen LogP contribution < -0.4 is 0 Å². The van der Waals surface area contributed by atoms with Crippen molar-refractivity contribution in [3.8, 4) is 11.3 Å². The van der Waals surface area contributed by atoms with Crippen LogP contribution in [0.2, 0.25) is 4.47 Å². The van der Waals surface area contributed by atoms with Gasteiger partial charge in [0.15, 0.2) is 4.47 Å². The fourth-order valence-electron chi connectivity index (χ4n) is 2.06. The second-order valence-corrected chi connectivity index (χ2v) is 6.55. The number of nitrogens with zero attached hydrogens (tertiary/aromatic N) is 1. The molecule has 0 spiro atoms. The van der Waals surface area contributed by atoms with Crippen LogP contribution in [0.1, 0.15) is 31.2 Å². The summed E-state index contributed by atoms with van der Waals surface area (Å²) in [5.41, 5.74) is 3.60. The average molecular weight is 280 g/mol. The third-order valence-corrected chi connectivity index (χ3v) is 4.17. The van der Waals surface area contributed by atoms with E-state index in [4.69, 9.17) is 11.6 Å². The number of aromatic nitrogens is 1. The van der Waals surface area contributed by atoms with Gasteiger partial charge in [0.2, 0.25) is 0 Å². The van der Waals surface area contributed by atoms with Crippen molar-refractivity contribution in [3.05, 3.63) is 39.2 Å². The summed E-state index contributed by atoms with van der Waals surface area (Å²) in [5, 5.41) is 0. The van der Waals surface area contributed by atoms with Crippen molar-refractivity contribution >= 4 is 22.9 Å². The lowest BCUT2D eigenvalue weighted by atomic mass is 10.0. The molecule has 0 N–H and O–H groups in total. The van der Waals surface area contributed by atoms with Crippen molar-refractivity contribution in [2.75, 3.05) is 0 Å². The van der Waals surface area contributed by atoms with E-state index in [1.54, 1.807) is 11.3 Å². The van der Waals surface area contributed by atoms with Crippen LogP contribution in [0.4, 0.5) is 0 Å². The van der Waals surface area contributed by atoms with E-state index in [0.717, 1.165) is 18.5 Å². The number of aryl methyl sites for hydroxylation is 1. The second kappa shape index (κ2) is 5.85. The van der Waals surface area contributed by atoms with E-state index in [9.17, 15) is 0 Å². The summed E-state index contributed by atoms with van der Waals surface area (Å²) in [5.74, 6) is 0.691. The van der Waals surface area contributed by atoms with Gasteiger partial charge in [0.05, 0.1) is 5.69 Å². The van der Waals surface area contributed by atoms with Crippen molar-refractivity contribution in [3.63, 3.8) is 0 Å². The molecule has 0 aliphatic rings. The molecule has 1 aromatic heterocycles. The Balaban J connectivity index is 2.28. The van der Waals surface area contributed by atoms with Crippen molar-refractivity contribution in [2.24, 2.45) is 5.92 Å². The minimum Gasteiger partial charge on any atom is -0.225 e. The second-order valence-electron chi connectivity index (χ2n) is 4.89. The quantitative estimate of drug-likeness (QED) is 0.747. The maximum atomic E-state index is 6.00. The fourth-order valence-corrected chi connectivity index (χ4v) is 3.17. The third kappa shape index (κ3) is 3.12. The normalized spacial score (nSPS) is 11.2. The highest BCUT2D eigenvalue weighted by Crippen LogP contribution is 2.31. The Kier molecular flexibility index (Phi) is 4.41. The molecule has 0 radical (unpaired) electrons. The molecule has 18 heavy (non-hydrogen) atoms. The highest BCUT2D eigenvalue weighted by molar-refractivity contribution is 7.16. The Morgan fingerprint density at radius 1 is 1.22 bits per heavy atom. The number of benzene rings is 1. The molecule has 0 fully saturated rings. The molecule has 0 bridgehead atoms. The third-order valence-electron chi connectivity index (χ3n) is 2.86. The first-order valence-corrected chi connectivity index (χ1v) is 7.54. The predicted molar refractivity (Wildman–Crippen MR) is 80.5 cm³/mol. The van der Waals surface area contributed by atoms with E-state index in [1.807, 2.05) is 0 Å². The molecule has 0 saturated heterocycles. The van der Waals surface area contributed by atoms with Gasteiger partial charge in [0, 0.05) is 10.4 Å². The van der Waals surface area contributed by atoms with Gasteiger partial charge < -0.3 is 0 Å². The van der Waals surface area contributed by atoms with Gasteiger partial charge in [-0.1, -0.05) is 56.6 Å². The number of halogens is 1. The summed E-state index contributed by atoms with van der Waals surface area (Å²) in [6.45, 7) is 6.62. The van der Waals surface area contributed by atoms with E-state index >= 15 is 0 Å². The van der Waals surface area contributed by atoms with Crippen LogP contribution in [-0.4, -0.2) is 4.98 Å². The summed E-state index contributed by atoms with van der Waals surface area (Å²) >= 11 is 7.58. The molecule has 2 rings (SSSR count). The van der Waals surface area contributed by atoms with Crippen molar-refractivity contribution in [1.29, 1.82) is 0 Å². The van der Waals surface area contributed by atoms with E-state index in [-0.39, 0.29) is 0 Å². The molecule has 0 atom stereocenters. The molecule has 3 heteroatoms. The van der Waals surface area contributed by atoms with Gasteiger partial charge >= 0.3 is 0 Å². The Morgan fingerprint density at radius 2 is 1.89 bits per heavy atom. The fraction of sp³-hybridized carbons (Fsp3) is 0.400. The van der Waals surface area contributed by atoms with Gasteiger partial charge in [0.1, 0.15) is 0 Å².